The third-order valence-corrected chi connectivity index (χ3v) is 4.56. The standard InChI is InChI=1S/C15H28N2O/c1-11(2)14(18)17-7-5-15(6-8-17)9-13(10-15)16-12(3)4/h11-13,16H,5-10H2,1-4H3. The molecule has 1 aliphatic carbocycles. The first kappa shape index (κ1) is 13.9. The molecular weight excluding hydrogens is 224 g/mol. The maximum absolute atomic E-state index is 11.9. The van der Waals surface area contributed by atoms with E-state index in [1.165, 1.54) is 25.7 Å². The minimum Gasteiger partial charge on any atom is -0.342 e. The fraction of sp³-hybridized carbons (Fsp3) is 0.933. The third kappa shape index (κ3) is 2.87. The van der Waals surface area contributed by atoms with Crippen LogP contribution in [0.1, 0.15) is 53.4 Å². The monoisotopic (exact) mass is 252 g/mol. The fourth-order valence-corrected chi connectivity index (χ4v) is 3.55. The Balaban J connectivity index is 1.77. The van der Waals surface area contributed by atoms with Crippen LogP contribution in [0.15, 0.2) is 0 Å². The zero-order valence-electron chi connectivity index (χ0n) is 12.3. The average molecular weight is 252 g/mol. The van der Waals surface area contributed by atoms with Gasteiger partial charge in [0.2, 0.25) is 5.91 Å². The van der Waals surface area contributed by atoms with Crippen LogP contribution in [0.4, 0.5) is 0 Å². The highest BCUT2D eigenvalue weighted by Crippen LogP contribution is 2.49. The quantitative estimate of drug-likeness (QED) is 0.836. The molecule has 1 heterocycles. The first-order valence-corrected chi connectivity index (χ1v) is 7.47. The number of hydrogen-bond acceptors (Lipinski definition) is 2. The maximum Gasteiger partial charge on any atom is 0.225 e. The summed E-state index contributed by atoms with van der Waals surface area (Å²) in [5.74, 6) is 0.483. The van der Waals surface area contributed by atoms with Crippen LogP contribution < -0.4 is 5.32 Å². The van der Waals surface area contributed by atoms with Crippen molar-refractivity contribution >= 4 is 5.91 Å². The van der Waals surface area contributed by atoms with Gasteiger partial charge in [0.1, 0.15) is 0 Å². The Hall–Kier alpha value is -0.570. The van der Waals surface area contributed by atoms with E-state index in [0.717, 1.165) is 19.1 Å². The summed E-state index contributed by atoms with van der Waals surface area (Å²) in [4.78, 5) is 14.0. The predicted molar refractivity (Wildman–Crippen MR) is 74.4 cm³/mol. The number of nitrogens with zero attached hydrogens (tertiary/aromatic N) is 1. The van der Waals surface area contributed by atoms with Crippen LogP contribution in [-0.4, -0.2) is 36.0 Å². The first-order valence-electron chi connectivity index (χ1n) is 7.47. The van der Waals surface area contributed by atoms with Gasteiger partial charge >= 0.3 is 0 Å². The molecule has 0 aromatic rings. The van der Waals surface area contributed by atoms with E-state index in [0.29, 0.717) is 17.4 Å². The molecule has 0 aromatic heterocycles. The van der Waals surface area contributed by atoms with Gasteiger partial charge in [-0.1, -0.05) is 27.7 Å². The van der Waals surface area contributed by atoms with E-state index in [9.17, 15) is 4.79 Å². The van der Waals surface area contributed by atoms with Crippen molar-refractivity contribution in [1.29, 1.82) is 0 Å². The Morgan fingerprint density at radius 1 is 1.17 bits per heavy atom. The molecule has 3 nitrogen and oxygen atoms in total. The molecule has 0 aromatic carbocycles. The van der Waals surface area contributed by atoms with Crippen molar-refractivity contribution in [1.82, 2.24) is 10.2 Å². The number of carbonyl (C=O) groups is 1. The van der Waals surface area contributed by atoms with E-state index in [2.05, 4.69) is 24.1 Å². The van der Waals surface area contributed by atoms with Crippen molar-refractivity contribution < 1.29 is 4.79 Å². The molecular formula is C15H28N2O. The lowest BCUT2D eigenvalue weighted by molar-refractivity contribution is -0.138. The van der Waals surface area contributed by atoms with Crippen molar-refractivity contribution in [3.05, 3.63) is 0 Å². The third-order valence-electron chi connectivity index (χ3n) is 4.56. The van der Waals surface area contributed by atoms with Gasteiger partial charge in [0.25, 0.3) is 0 Å². The van der Waals surface area contributed by atoms with E-state index in [1.54, 1.807) is 0 Å². The van der Waals surface area contributed by atoms with Gasteiger partial charge in [-0.3, -0.25) is 4.79 Å². The molecule has 0 atom stereocenters. The number of rotatable bonds is 3. The molecule has 2 aliphatic rings. The molecule has 0 unspecified atom stereocenters. The fourth-order valence-electron chi connectivity index (χ4n) is 3.55. The number of likely N-dealkylation sites (tertiary alicyclic amines) is 1. The number of nitrogens with one attached hydrogen (secondary N) is 1. The van der Waals surface area contributed by atoms with Gasteiger partial charge in [-0.2, -0.15) is 0 Å². The Kier molecular flexibility index (Phi) is 4.00. The summed E-state index contributed by atoms with van der Waals surface area (Å²) >= 11 is 0. The topological polar surface area (TPSA) is 32.3 Å². The number of carbonyl (C=O) groups excluding carboxylic acids is 1. The van der Waals surface area contributed by atoms with Crippen molar-refractivity contribution in [2.24, 2.45) is 11.3 Å². The predicted octanol–water partition coefficient (Wildman–Crippen LogP) is 2.41. The lowest BCUT2D eigenvalue weighted by Gasteiger charge is -2.53. The molecule has 1 aliphatic heterocycles. The highest BCUT2D eigenvalue weighted by atomic mass is 16.2. The second kappa shape index (κ2) is 5.20. The van der Waals surface area contributed by atoms with Gasteiger partial charge in [-0.25, -0.2) is 0 Å². The molecule has 1 amide bonds. The van der Waals surface area contributed by atoms with Gasteiger partial charge < -0.3 is 10.2 Å². The summed E-state index contributed by atoms with van der Waals surface area (Å²) < 4.78 is 0. The Morgan fingerprint density at radius 3 is 2.17 bits per heavy atom. The Labute approximate surface area is 111 Å². The molecule has 2 rings (SSSR count). The molecule has 0 radical (unpaired) electrons. The van der Waals surface area contributed by atoms with Gasteiger partial charge in [-0.05, 0) is 31.1 Å². The molecule has 18 heavy (non-hydrogen) atoms. The van der Waals surface area contributed by atoms with E-state index >= 15 is 0 Å². The molecule has 104 valence electrons. The van der Waals surface area contributed by atoms with Crippen LogP contribution in [0.2, 0.25) is 0 Å². The molecule has 1 saturated heterocycles. The minimum absolute atomic E-state index is 0.149. The summed E-state index contributed by atoms with van der Waals surface area (Å²) in [5.41, 5.74) is 0.556. The molecule has 2 fully saturated rings. The van der Waals surface area contributed by atoms with Gasteiger partial charge in [0.15, 0.2) is 0 Å². The highest BCUT2D eigenvalue weighted by molar-refractivity contribution is 5.78. The maximum atomic E-state index is 11.9. The first-order chi connectivity index (χ1) is 8.42. The Bertz CT molecular complexity index is 296. The normalized spacial score (nSPS) is 23.8. The van der Waals surface area contributed by atoms with Crippen molar-refractivity contribution in [3.8, 4) is 0 Å². The SMILES string of the molecule is CC(C)NC1CC2(CCN(C(=O)C(C)C)CC2)C1. The van der Waals surface area contributed by atoms with E-state index in [4.69, 9.17) is 0 Å². The number of amides is 1. The van der Waals surface area contributed by atoms with E-state index in [1.807, 2.05) is 13.8 Å². The molecule has 0 bridgehead atoms. The van der Waals surface area contributed by atoms with Crippen LogP contribution >= 0.6 is 0 Å². The second-order valence-electron chi connectivity index (χ2n) is 6.91. The lowest BCUT2D eigenvalue weighted by atomic mass is 9.60. The molecule has 3 heteroatoms. The number of piperidine rings is 1. The zero-order valence-corrected chi connectivity index (χ0v) is 12.3. The summed E-state index contributed by atoms with van der Waals surface area (Å²) in [5, 5.41) is 3.62. The van der Waals surface area contributed by atoms with Gasteiger partial charge in [0, 0.05) is 31.1 Å². The lowest BCUT2D eigenvalue weighted by Crippen LogP contribution is -2.55. The largest absolute Gasteiger partial charge is 0.342 e. The summed E-state index contributed by atoms with van der Waals surface area (Å²) in [6.45, 7) is 10.4. The average Bonchev–Trinajstić information content (AvgIpc) is 2.26. The van der Waals surface area contributed by atoms with Crippen LogP contribution in [0.25, 0.3) is 0 Å². The number of hydrogen-bond donors (Lipinski definition) is 1. The van der Waals surface area contributed by atoms with Crippen molar-refractivity contribution in [2.45, 2.75) is 65.5 Å². The van der Waals surface area contributed by atoms with Gasteiger partial charge in [0.05, 0.1) is 0 Å². The van der Waals surface area contributed by atoms with Crippen LogP contribution in [0.3, 0.4) is 0 Å². The second-order valence-corrected chi connectivity index (χ2v) is 6.91. The smallest absolute Gasteiger partial charge is 0.225 e. The summed E-state index contributed by atoms with van der Waals surface area (Å²) in [7, 11) is 0. The molecule has 1 spiro atoms. The van der Waals surface area contributed by atoms with Crippen LogP contribution in [0.5, 0.6) is 0 Å². The summed E-state index contributed by atoms with van der Waals surface area (Å²) in [6, 6.07) is 1.31. The van der Waals surface area contributed by atoms with E-state index in [-0.39, 0.29) is 5.92 Å². The van der Waals surface area contributed by atoms with Crippen molar-refractivity contribution in [2.75, 3.05) is 13.1 Å². The minimum atomic E-state index is 0.149. The molecule has 1 N–H and O–H groups in total. The molecule has 1 saturated carbocycles. The van der Waals surface area contributed by atoms with E-state index < -0.39 is 0 Å². The van der Waals surface area contributed by atoms with Crippen LogP contribution in [-0.2, 0) is 4.79 Å². The zero-order chi connectivity index (χ0) is 13.3. The van der Waals surface area contributed by atoms with Crippen LogP contribution in [0, 0.1) is 11.3 Å². The Morgan fingerprint density at radius 2 is 1.72 bits per heavy atom. The highest BCUT2D eigenvalue weighted by Gasteiger charge is 2.46. The summed E-state index contributed by atoms with van der Waals surface area (Å²) in [6.07, 6.45) is 5.05. The van der Waals surface area contributed by atoms with Gasteiger partial charge in [-0.15, -0.1) is 0 Å². The van der Waals surface area contributed by atoms with Crippen molar-refractivity contribution in [3.63, 3.8) is 0 Å².